The molecule has 88 valence electrons. The molecule has 0 fully saturated rings. The SMILES string of the molecule is Cc1ccc(-c2nccc3ccccc23)cc1F. The predicted molar refractivity (Wildman–Crippen MR) is 71.9 cm³/mol. The molecule has 0 radical (unpaired) electrons. The number of pyridine rings is 1. The second-order valence-corrected chi connectivity index (χ2v) is 4.34. The van der Waals surface area contributed by atoms with E-state index in [1.54, 1.807) is 25.3 Å². The molecule has 0 unspecified atom stereocenters. The van der Waals surface area contributed by atoms with Gasteiger partial charge >= 0.3 is 0 Å². The Morgan fingerprint density at radius 1 is 1.00 bits per heavy atom. The lowest BCUT2D eigenvalue weighted by Crippen LogP contribution is -1.88. The normalized spacial score (nSPS) is 10.8. The van der Waals surface area contributed by atoms with Crippen molar-refractivity contribution in [3.63, 3.8) is 0 Å². The summed E-state index contributed by atoms with van der Waals surface area (Å²) in [4.78, 5) is 4.38. The Hall–Kier alpha value is -2.22. The minimum atomic E-state index is -0.192. The van der Waals surface area contributed by atoms with E-state index in [0.717, 1.165) is 22.0 Å². The zero-order valence-corrected chi connectivity index (χ0v) is 10.0. The van der Waals surface area contributed by atoms with Gasteiger partial charge in [-0.25, -0.2) is 4.39 Å². The molecule has 0 spiro atoms. The Morgan fingerprint density at radius 3 is 2.67 bits per heavy atom. The molecule has 0 aliphatic rings. The van der Waals surface area contributed by atoms with Gasteiger partial charge in [-0.1, -0.05) is 36.4 Å². The number of halogens is 1. The number of fused-ring (bicyclic) bond motifs is 1. The summed E-state index contributed by atoms with van der Waals surface area (Å²) >= 11 is 0. The summed E-state index contributed by atoms with van der Waals surface area (Å²) in [5.74, 6) is -0.192. The molecule has 0 aliphatic carbocycles. The van der Waals surface area contributed by atoms with Crippen LogP contribution >= 0.6 is 0 Å². The van der Waals surface area contributed by atoms with Gasteiger partial charge in [-0.3, -0.25) is 4.98 Å². The van der Waals surface area contributed by atoms with Gasteiger partial charge in [0.05, 0.1) is 5.69 Å². The Balaban J connectivity index is 2.28. The molecule has 0 saturated heterocycles. The summed E-state index contributed by atoms with van der Waals surface area (Å²) in [6, 6.07) is 15.2. The van der Waals surface area contributed by atoms with Crippen LogP contribution in [-0.2, 0) is 0 Å². The summed E-state index contributed by atoms with van der Waals surface area (Å²) in [5, 5.41) is 2.16. The highest BCUT2D eigenvalue weighted by molar-refractivity contribution is 5.94. The molecule has 1 heterocycles. The Bertz CT molecular complexity index is 714. The van der Waals surface area contributed by atoms with Gasteiger partial charge in [0.25, 0.3) is 0 Å². The average molecular weight is 237 g/mol. The lowest BCUT2D eigenvalue weighted by Gasteiger charge is -2.06. The van der Waals surface area contributed by atoms with Gasteiger partial charge in [0.1, 0.15) is 5.82 Å². The fourth-order valence-corrected chi connectivity index (χ4v) is 2.09. The molecule has 0 amide bonds. The third kappa shape index (κ3) is 1.76. The van der Waals surface area contributed by atoms with E-state index in [0.29, 0.717) is 5.56 Å². The minimum absolute atomic E-state index is 0.192. The van der Waals surface area contributed by atoms with Crippen molar-refractivity contribution >= 4 is 10.8 Å². The summed E-state index contributed by atoms with van der Waals surface area (Å²) < 4.78 is 13.6. The van der Waals surface area contributed by atoms with Gasteiger partial charge in [0, 0.05) is 17.1 Å². The van der Waals surface area contributed by atoms with Gasteiger partial charge in [0.2, 0.25) is 0 Å². The van der Waals surface area contributed by atoms with Crippen molar-refractivity contribution in [2.75, 3.05) is 0 Å². The average Bonchev–Trinajstić information content (AvgIpc) is 2.41. The molecular formula is C16H12FN. The van der Waals surface area contributed by atoms with Crippen LogP contribution in [-0.4, -0.2) is 4.98 Å². The number of hydrogen-bond acceptors (Lipinski definition) is 1. The molecule has 18 heavy (non-hydrogen) atoms. The van der Waals surface area contributed by atoms with Gasteiger partial charge in [-0.05, 0) is 30.0 Å². The molecule has 0 atom stereocenters. The zero-order valence-electron chi connectivity index (χ0n) is 10.0. The van der Waals surface area contributed by atoms with Gasteiger partial charge in [-0.2, -0.15) is 0 Å². The van der Waals surface area contributed by atoms with Crippen LogP contribution in [0.15, 0.2) is 54.7 Å². The van der Waals surface area contributed by atoms with Crippen molar-refractivity contribution in [1.29, 1.82) is 0 Å². The summed E-state index contributed by atoms with van der Waals surface area (Å²) in [6.07, 6.45) is 1.76. The van der Waals surface area contributed by atoms with Crippen LogP contribution < -0.4 is 0 Å². The van der Waals surface area contributed by atoms with E-state index in [1.807, 2.05) is 36.4 Å². The van der Waals surface area contributed by atoms with E-state index in [1.165, 1.54) is 0 Å². The molecule has 0 saturated carbocycles. The maximum absolute atomic E-state index is 13.6. The van der Waals surface area contributed by atoms with Crippen LogP contribution in [0.1, 0.15) is 5.56 Å². The zero-order chi connectivity index (χ0) is 12.5. The first-order valence-electron chi connectivity index (χ1n) is 5.86. The number of nitrogens with zero attached hydrogens (tertiary/aromatic N) is 1. The lowest BCUT2D eigenvalue weighted by atomic mass is 10.0. The fraction of sp³-hybridized carbons (Fsp3) is 0.0625. The first-order chi connectivity index (χ1) is 8.75. The van der Waals surface area contributed by atoms with Crippen LogP contribution in [0.2, 0.25) is 0 Å². The molecule has 1 nitrogen and oxygen atoms in total. The highest BCUT2D eigenvalue weighted by atomic mass is 19.1. The summed E-state index contributed by atoms with van der Waals surface area (Å²) in [7, 11) is 0. The van der Waals surface area contributed by atoms with Crippen molar-refractivity contribution in [3.05, 3.63) is 66.1 Å². The molecule has 3 aromatic rings. The monoisotopic (exact) mass is 237 g/mol. The summed E-state index contributed by atoms with van der Waals surface area (Å²) in [5.41, 5.74) is 2.29. The molecule has 1 aromatic heterocycles. The third-order valence-corrected chi connectivity index (χ3v) is 3.12. The van der Waals surface area contributed by atoms with Crippen LogP contribution in [0.5, 0.6) is 0 Å². The molecular weight excluding hydrogens is 225 g/mol. The molecule has 0 aliphatic heterocycles. The van der Waals surface area contributed by atoms with Crippen LogP contribution in [0, 0.1) is 12.7 Å². The van der Waals surface area contributed by atoms with Crippen LogP contribution in [0.4, 0.5) is 4.39 Å². The standard InChI is InChI=1S/C16H12FN/c1-11-6-7-13(10-15(11)17)16-14-5-3-2-4-12(14)8-9-18-16/h2-10H,1H3. The van der Waals surface area contributed by atoms with Crippen molar-refractivity contribution in [1.82, 2.24) is 4.98 Å². The topological polar surface area (TPSA) is 12.9 Å². The maximum atomic E-state index is 13.6. The fourth-order valence-electron chi connectivity index (χ4n) is 2.09. The number of hydrogen-bond donors (Lipinski definition) is 0. The van der Waals surface area contributed by atoms with Crippen LogP contribution in [0.25, 0.3) is 22.0 Å². The quantitative estimate of drug-likeness (QED) is 0.613. The van der Waals surface area contributed by atoms with E-state index >= 15 is 0 Å². The van der Waals surface area contributed by atoms with Gasteiger partial charge < -0.3 is 0 Å². The second-order valence-electron chi connectivity index (χ2n) is 4.34. The Kier molecular flexibility index (Phi) is 2.56. The Labute approximate surface area is 105 Å². The molecule has 2 heteroatoms. The minimum Gasteiger partial charge on any atom is -0.256 e. The van der Waals surface area contributed by atoms with Crippen molar-refractivity contribution in [3.8, 4) is 11.3 Å². The molecule has 3 rings (SSSR count). The maximum Gasteiger partial charge on any atom is 0.126 e. The van der Waals surface area contributed by atoms with E-state index in [2.05, 4.69) is 4.98 Å². The number of rotatable bonds is 1. The highest BCUT2D eigenvalue weighted by Gasteiger charge is 2.06. The van der Waals surface area contributed by atoms with E-state index in [-0.39, 0.29) is 5.82 Å². The smallest absolute Gasteiger partial charge is 0.126 e. The van der Waals surface area contributed by atoms with Gasteiger partial charge in [-0.15, -0.1) is 0 Å². The largest absolute Gasteiger partial charge is 0.256 e. The van der Waals surface area contributed by atoms with E-state index < -0.39 is 0 Å². The Morgan fingerprint density at radius 2 is 1.83 bits per heavy atom. The van der Waals surface area contributed by atoms with E-state index in [9.17, 15) is 4.39 Å². The molecule has 0 bridgehead atoms. The van der Waals surface area contributed by atoms with Crippen molar-refractivity contribution in [2.24, 2.45) is 0 Å². The van der Waals surface area contributed by atoms with Gasteiger partial charge in [0.15, 0.2) is 0 Å². The van der Waals surface area contributed by atoms with Crippen LogP contribution in [0.3, 0.4) is 0 Å². The van der Waals surface area contributed by atoms with E-state index in [4.69, 9.17) is 0 Å². The first-order valence-corrected chi connectivity index (χ1v) is 5.86. The molecule has 2 aromatic carbocycles. The number of aromatic nitrogens is 1. The molecule has 0 N–H and O–H groups in total. The second kappa shape index (κ2) is 4.22. The number of aryl methyl sites for hydroxylation is 1. The predicted octanol–water partition coefficient (Wildman–Crippen LogP) is 4.35. The highest BCUT2D eigenvalue weighted by Crippen LogP contribution is 2.27. The summed E-state index contributed by atoms with van der Waals surface area (Å²) in [6.45, 7) is 1.76. The van der Waals surface area contributed by atoms with Crippen molar-refractivity contribution in [2.45, 2.75) is 6.92 Å². The number of benzene rings is 2. The third-order valence-electron chi connectivity index (χ3n) is 3.12. The lowest BCUT2D eigenvalue weighted by molar-refractivity contribution is 0.619. The first kappa shape index (κ1) is 10.9. The van der Waals surface area contributed by atoms with Crippen molar-refractivity contribution < 1.29 is 4.39 Å².